The van der Waals surface area contributed by atoms with Gasteiger partial charge in [0.2, 0.25) is 0 Å². The van der Waals surface area contributed by atoms with E-state index in [1.165, 1.54) is 11.8 Å². The maximum Gasteiger partial charge on any atom is 2.00 e. The van der Waals surface area contributed by atoms with Crippen molar-refractivity contribution >= 4 is 55.5 Å². The number of hydrogen-bond acceptors (Lipinski definition) is 2. The molecule has 0 spiro atoms. The van der Waals surface area contributed by atoms with Crippen molar-refractivity contribution in [1.82, 2.24) is 0 Å². The predicted octanol–water partition coefficient (Wildman–Crippen LogP) is 1.06. The summed E-state index contributed by atoms with van der Waals surface area (Å²) < 4.78 is 0. The summed E-state index contributed by atoms with van der Waals surface area (Å²) >= 11 is 1.46. The van der Waals surface area contributed by atoms with Gasteiger partial charge in [0.15, 0.2) is 0 Å². The Labute approximate surface area is 92.4 Å². The quantitative estimate of drug-likeness (QED) is 0.514. The summed E-state index contributed by atoms with van der Waals surface area (Å²) in [6.45, 7) is 2.04. The van der Waals surface area contributed by atoms with Crippen molar-refractivity contribution in [2.45, 2.75) is 13.3 Å². The van der Waals surface area contributed by atoms with E-state index >= 15 is 0 Å². The fraction of sp³-hybridized carbons (Fsp3) is 0.800. The Balaban J connectivity index is -0.0000000817. The topological polar surface area (TPSA) is 37.3 Å². The summed E-state index contributed by atoms with van der Waals surface area (Å²) in [5.41, 5.74) is 0. The SMILES string of the molecule is CCCSCC(=O)O.[Ca+2].[H-].[H-]. The second-order valence-corrected chi connectivity index (χ2v) is 2.55. The van der Waals surface area contributed by atoms with Crippen LogP contribution in [0.2, 0.25) is 0 Å². The van der Waals surface area contributed by atoms with Crippen LogP contribution in [-0.2, 0) is 4.79 Å². The molecule has 0 aliphatic rings. The Bertz CT molecular complexity index is 84.9. The van der Waals surface area contributed by atoms with Gasteiger partial charge < -0.3 is 7.96 Å². The molecule has 0 saturated heterocycles. The minimum atomic E-state index is -0.719. The third-order valence-corrected chi connectivity index (χ3v) is 1.72. The zero-order chi connectivity index (χ0) is 6.41. The average Bonchev–Trinajstić information content (AvgIpc) is 1.66. The van der Waals surface area contributed by atoms with Crippen LogP contribution < -0.4 is 0 Å². The molecule has 0 atom stereocenters. The van der Waals surface area contributed by atoms with Gasteiger partial charge >= 0.3 is 43.7 Å². The molecule has 1 N–H and O–H groups in total. The number of carboxylic acids is 1. The number of carboxylic acid groups (broad SMARTS) is 1. The fourth-order valence-electron chi connectivity index (χ4n) is 0.304. The first kappa shape index (κ1) is 12.7. The molecule has 0 radical (unpaired) electrons. The van der Waals surface area contributed by atoms with Crippen molar-refractivity contribution in [1.29, 1.82) is 0 Å². The van der Waals surface area contributed by atoms with Gasteiger partial charge in [-0.1, -0.05) is 6.92 Å². The molecule has 0 amide bonds. The van der Waals surface area contributed by atoms with Crippen LogP contribution >= 0.6 is 11.8 Å². The summed E-state index contributed by atoms with van der Waals surface area (Å²) in [4.78, 5) is 9.85. The van der Waals surface area contributed by atoms with Crippen molar-refractivity contribution in [3.8, 4) is 0 Å². The monoisotopic (exact) mass is 176 g/mol. The van der Waals surface area contributed by atoms with Crippen molar-refractivity contribution in [3.05, 3.63) is 0 Å². The van der Waals surface area contributed by atoms with Crippen molar-refractivity contribution < 1.29 is 12.8 Å². The largest absolute Gasteiger partial charge is 2.00 e. The number of carbonyl (C=O) groups is 1. The standard InChI is InChI=1S/C5H10O2S.Ca.2H/c1-2-3-8-4-5(6)7;;;/h2-4H2,1H3,(H,6,7);;;/q;+2;2*-1. The molecular weight excluding hydrogens is 164 g/mol. The maximum atomic E-state index is 9.85. The van der Waals surface area contributed by atoms with Gasteiger partial charge in [-0.05, 0) is 12.2 Å². The molecule has 0 aliphatic carbocycles. The van der Waals surface area contributed by atoms with Crippen LogP contribution in [-0.4, -0.2) is 60.3 Å². The summed E-state index contributed by atoms with van der Waals surface area (Å²) in [6.07, 6.45) is 1.05. The van der Waals surface area contributed by atoms with Crippen molar-refractivity contribution in [3.63, 3.8) is 0 Å². The molecule has 0 bridgehead atoms. The van der Waals surface area contributed by atoms with Gasteiger partial charge in [0, 0.05) is 0 Å². The summed E-state index contributed by atoms with van der Waals surface area (Å²) in [7, 11) is 0. The number of rotatable bonds is 4. The van der Waals surface area contributed by atoms with E-state index in [9.17, 15) is 4.79 Å². The molecule has 0 heterocycles. The van der Waals surface area contributed by atoms with E-state index in [0.717, 1.165) is 12.2 Å². The fourth-order valence-corrected chi connectivity index (χ4v) is 0.911. The first-order chi connectivity index (χ1) is 3.77. The molecule has 0 fully saturated rings. The second-order valence-electron chi connectivity index (χ2n) is 1.45. The second kappa shape index (κ2) is 9.08. The van der Waals surface area contributed by atoms with Crippen LogP contribution in [0.3, 0.4) is 0 Å². The summed E-state index contributed by atoms with van der Waals surface area (Å²) in [5.74, 6) is 0.476. The minimum absolute atomic E-state index is 0. The molecule has 0 aromatic carbocycles. The normalized spacial score (nSPS) is 8.11. The Morgan fingerprint density at radius 3 is 2.67 bits per heavy atom. The molecule has 2 nitrogen and oxygen atoms in total. The van der Waals surface area contributed by atoms with E-state index in [0.29, 0.717) is 0 Å². The molecule has 9 heavy (non-hydrogen) atoms. The van der Waals surface area contributed by atoms with E-state index in [-0.39, 0.29) is 46.3 Å². The number of hydrogen-bond donors (Lipinski definition) is 1. The van der Waals surface area contributed by atoms with Crippen LogP contribution in [0.5, 0.6) is 0 Å². The van der Waals surface area contributed by atoms with Gasteiger partial charge in [0.05, 0.1) is 5.75 Å². The van der Waals surface area contributed by atoms with Gasteiger partial charge in [-0.3, -0.25) is 4.79 Å². The van der Waals surface area contributed by atoms with Crippen LogP contribution in [0, 0.1) is 0 Å². The zero-order valence-corrected chi connectivity index (χ0v) is 8.62. The maximum absolute atomic E-state index is 9.85. The van der Waals surface area contributed by atoms with E-state index in [2.05, 4.69) is 0 Å². The third kappa shape index (κ3) is 12.3. The smallest absolute Gasteiger partial charge is 1.00 e. The Hall–Kier alpha value is 1.08. The molecule has 0 saturated carbocycles. The van der Waals surface area contributed by atoms with Gasteiger partial charge in [-0.15, -0.1) is 0 Å². The third-order valence-electron chi connectivity index (χ3n) is 0.574. The van der Waals surface area contributed by atoms with Gasteiger partial charge in [-0.2, -0.15) is 11.8 Å². The zero-order valence-electron chi connectivity index (χ0n) is 7.59. The van der Waals surface area contributed by atoms with Crippen molar-refractivity contribution in [2.75, 3.05) is 11.5 Å². The van der Waals surface area contributed by atoms with Gasteiger partial charge in [-0.25, -0.2) is 0 Å². The minimum Gasteiger partial charge on any atom is -1.00 e. The number of aliphatic carboxylic acids is 1. The molecule has 0 aromatic rings. The summed E-state index contributed by atoms with van der Waals surface area (Å²) in [5, 5.41) is 8.12. The van der Waals surface area contributed by atoms with Crippen LogP contribution in [0.1, 0.15) is 16.2 Å². The molecule has 0 rings (SSSR count). The Morgan fingerprint density at radius 2 is 2.33 bits per heavy atom. The van der Waals surface area contributed by atoms with E-state index in [1.54, 1.807) is 0 Å². The van der Waals surface area contributed by atoms with Crippen LogP contribution in [0.25, 0.3) is 0 Å². The van der Waals surface area contributed by atoms with Crippen LogP contribution in [0.4, 0.5) is 0 Å². The Kier molecular flexibility index (Phi) is 12.8. The van der Waals surface area contributed by atoms with Gasteiger partial charge in [0.1, 0.15) is 0 Å². The van der Waals surface area contributed by atoms with Crippen LogP contribution in [0.15, 0.2) is 0 Å². The first-order valence-corrected chi connectivity index (χ1v) is 3.72. The predicted molar refractivity (Wildman–Crippen MR) is 43.2 cm³/mol. The molecule has 0 aliphatic heterocycles. The molecule has 0 unspecified atom stereocenters. The van der Waals surface area contributed by atoms with E-state index < -0.39 is 5.97 Å². The van der Waals surface area contributed by atoms with Gasteiger partial charge in [0.25, 0.3) is 0 Å². The van der Waals surface area contributed by atoms with E-state index in [4.69, 9.17) is 5.11 Å². The first-order valence-electron chi connectivity index (χ1n) is 2.57. The molecule has 0 aromatic heterocycles. The molecule has 4 heteroatoms. The number of thioether (sulfide) groups is 1. The van der Waals surface area contributed by atoms with Crippen molar-refractivity contribution in [2.24, 2.45) is 0 Å². The average molecular weight is 176 g/mol. The molecule has 52 valence electrons. The Morgan fingerprint density at radius 1 is 1.78 bits per heavy atom. The molecular formula is C5H12CaO2S. The van der Waals surface area contributed by atoms with E-state index in [1.807, 2.05) is 6.92 Å². The summed E-state index contributed by atoms with van der Waals surface area (Å²) in [6, 6.07) is 0.